The maximum Gasteiger partial charge on any atom is 0.336 e. The van der Waals surface area contributed by atoms with Crippen LogP contribution in [0.4, 0.5) is 5.69 Å². The summed E-state index contributed by atoms with van der Waals surface area (Å²) in [6, 6.07) is 14.0. The molecule has 0 saturated carbocycles. The Hall–Kier alpha value is -3.78. The number of amides is 1. The molecule has 5 aromatic rings. The summed E-state index contributed by atoms with van der Waals surface area (Å²) in [5.41, 5.74) is 2.56. The molecular formula is C23H18N4O3S. The monoisotopic (exact) mass is 430 g/mol. The molecule has 0 fully saturated rings. The van der Waals surface area contributed by atoms with Crippen molar-refractivity contribution in [2.45, 2.75) is 19.9 Å². The highest BCUT2D eigenvalue weighted by Crippen LogP contribution is 2.29. The molecule has 0 radical (unpaired) electrons. The van der Waals surface area contributed by atoms with Crippen LogP contribution in [0.25, 0.3) is 32.6 Å². The molecule has 31 heavy (non-hydrogen) atoms. The summed E-state index contributed by atoms with van der Waals surface area (Å²) in [6.45, 7) is 4.05. The molecule has 0 aliphatic heterocycles. The molecular weight excluding hydrogens is 412 g/mol. The van der Waals surface area contributed by atoms with E-state index in [1.807, 2.05) is 36.0 Å². The first kappa shape index (κ1) is 19.2. The number of fused-ring (bicyclic) bond motifs is 2. The lowest BCUT2D eigenvalue weighted by atomic mass is 10.1. The Kier molecular flexibility index (Phi) is 4.63. The molecule has 1 aromatic carbocycles. The van der Waals surface area contributed by atoms with E-state index in [4.69, 9.17) is 9.40 Å². The lowest BCUT2D eigenvalue weighted by Gasteiger charge is -2.11. The Bertz CT molecular complexity index is 1480. The molecule has 0 atom stereocenters. The molecule has 8 heteroatoms. The number of hydrogen-bond acceptors (Lipinski definition) is 6. The fourth-order valence-electron chi connectivity index (χ4n) is 3.48. The Morgan fingerprint density at radius 1 is 1.16 bits per heavy atom. The lowest BCUT2D eigenvalue weighted by Crippen LogP contribution is -2.13. The topological polar surface area (TPSA) is 90.0 Å². The maximum atomic E-state index is 13.3. The summed E-state index contributed by atoms with van der Waals surface area (Å²) >= 11 is 1.57. The van der Waals surface area contributed by atoms with Crippen LogP contribution in [0.15, 0.2) is 69.3 Å². The van der Waals surface area contributed by atoms with Crippen molar-refractivity contribution < 1.29 is 9.21 Å². The molecule has 154 valence electrons. The van der Waals surface area contributed by atoms with Gasteiger partial charge >= 0.3 is 5.63 Å². The van der Waals surface area contributed by atoms with E-state index >= 15 is 0 Å². The van der Waals surface area contributed by atoms with Crippen molar-refractivity contribution in [3.8, 4) is 10.6 Å². The fraction of sp³-hybridized carbons (Fsp3) is 0.130. The average molecular weight is 430 g/mol. The zero-order chi connectivity index (χ0) is 21.5. The van der Waals surface area contributed by atoms with E-state index in [1.54, 1.807) is 47.9 Å². The van der Waals surface area contributed by atoms with Gasteiger partial charge in [-0.2, -0.15) is 5.10 Å². The number of nitrogens with one attached hydrogen (secondary N) is 1. The van der Waals surface area contributed by atoms with E-state index < -0.39 is 5.63 Å². The second kappa shape index (κ2) is 7.48. The first-order valence-electron chi connectivity index (χ1n) is 9.77. The van der Waals surface area contributed by atoms with Crippen molar-refractivity contribution in [3.05, 3.63) is 76.1 Å². The Morgan fingerprint density at radius 2 is 2.03 bits per heavy atom. The van der Waals surface area contributed by atoms with Gasteiger partial charge in [0.2, 0.25) is 0 Å². The van der Waals surface area contributed by atoms with Gasteiger partial charge in [0.1, 0.15) is 5.58 Å². The number of carbonyl (C=O) groups excluding carboxylic acids is 1. The molecule has 7 nitrogen and oxygen atoms in total. The van der Waals surface area contributed by atoms with Crippen molar-refractivity contribution in [2.24, 2.45) is 0 Å². The summed E-state index contributed by atoms with van der Waals surface area (Å²) < 4.78 is 6.98. The molecule has 4 aromatic heterocycles. The van der Waals surface area contributed by atoms with Gasteiger partial charge in [0, 0.05) is 23.2 Å². The highest BCUT2D eigenvalue weighted by atomic mass is 32.1. The minimum atomic E-state index is -0.410. The Morgan fingerprint density at radius 3 is 2.81 bits per heavy atom. The van der Waals surface area contributed by atoms with Gasteiger partial charge in [0.15, 0.2) is 5.65 Å². The smallest absolute Gasteiger partial charge is 0.336 e. The highest BCUT2D eigenvalue weighted by molar-refractivity contribution is 7.13. The summed E-state index contributed by atoms with van der Waals surface area (Å²) in [5.74, 6) is -0.259. The van der Waals surface area contributed by atoms with Crippen LogP contribution in [0, 0.1) is 0 Å². The third-order valence-corrected chi connectivity index (χ3v) is 5.84. The Labute approximate surface area is 181 Å². The van der Waals surface area contributed by atoms with Gasteiger partial charge in [0.05, 0.1) is 27.7 Å². The van der Waals surface area contributed by atoms with E-state index in [1.165, 1.54) is 6.07 Å². The molecule has 0 unspecified atom stereocenters. The zero-order valence-corrected chi connectivity index (χ0v) is 17.6. The zero-order valence-electron chi connectivity index (χ0n) is 16.8. The third-order valence-electron chi connectivity index (χ3n) is 4.95. The van der Waals surface area contributed by atoms with Crippen LogP contribution in [0.5, 0.6) is 0 Å². The van der Waals surface area contributed by atoms with Crippen LogP contribution in [0.3, 0.4) is 0 Å². The number of thiophene rings is 1. The number of nitrogens with zero attached hydrogens (tertiary/aromatic N) is 3. The van der Waals surface area contributed by atoms with Crippen LogP contribution < -0.4 is 10.9 Å². The van der Waals surface area contributed by atoms with Gasteiger partial charge in [-0.15, -0.1) is 11.3 Å². The standard InChI is InChI=1S/C23H18N4O3S/c1-13(2)27-22-17(12-24-27)16(11-18(26-22)20-4-3-9-31-20)23(29)25-15-6-7-19-14(10-15)5-8-21(28)30-19/h3-13H,1-2H3,(H,25,29). The predicted octanol–water partition coefficient (Wildman–Crippen LogP) is 5.10. The van der Waals surface area contributed by atoms with Crippen molar-refractivity contribution in [1.82, 2.24) is 14.8 Å². The van der Waals surface area contributed by atoms with E-state index in [-0.39, 0.29) is 11.9 Å². The van der Waals surface area contributed by atoms with Gasteiger partial charge in [-0.1, -0.05) is 6.07 Å². The first-order chi connectivity index (χ1) is 15.0. The minimum Gasteiger partial charge on any atom is -0.423 e. The molecule has 0 spiro atoms. The largest absolute Gasteiger partial charge is 0.423 e. The number of aromatic nitrogens is 3. The van der Waals surface area contributed by atoms with Crippen LogP contribution >= 0.6 is 11.3 Å². The van der Waals surface area contributed by atoms with E-state index in [9.17, 15) is 9.59 Å². The molecule has 0 bridgehead atoms. The van der Waals surface area contributed by atoms with Crippen LogP contribution in [0.2, 0.25) is 0 Å². The number of carbonyl (C=O) groups is 1. The van der Waals surface area contributed by atoms with Crippen molar-refractivity contribution >= 4 is 44.9 Å². The third kappa shape index (κ3) is 3.51. The fourth-order valence-corrected chi connectivity index (χ4v) is 4.17. The van der Waals surface area contributed by atoms with Gasteiger partial charge in [-0.05, 0) is 55.6 Å². The molecule has 0 saturated heterocycles. The molecule has 0 aliphatic rings. The number of benzene rings is 1. The van der Waals surface area contributed by atoms with Gasteiger partial charge in [0.25, 0.3) is 5.91 Å². The average Bonchev–Trinajstić information content (AvgIpc) is 3.43. The van der Waals surface area contributed by atoms with Crippen LogP contribution in [-0.4, -0.2) is 20.7 Å². The lowest BCUT2D eigenvalue weighted by molar-refractivity contribution is 0.102. The number of rotatable bonds is 4. The van der Waals surface area contributed by atoms with Crippen molar-refractivity contribution in [1.29, 1.82) is 0 Å². The van der Waals surface area contributed by atoms with E-state index in [0.717, 1.165) is 16.0 Å². The normalized spacial score (nSPS) is 11.5. The minimum absolute atomic E-state index is 0.106. The second-order valence-corrected chi connectivity index (χ2v) is 8.36. The van der Waals surface area contributed by atoms with Crippen LogP contribution in [0.1, 0.15) is 30.2 Å². The van der Waals surface area contributed by atoms with Crippen molar-refractivity contribution in [2.75, 3.05) is 5.32 Å². The summed E-state index contributed by atoms with van der Waals surface area (Å²) in [6.07, 6.45) is 1.69. The number of pyridine rings is 1. The van der Waals surface area contributed by atoms with E-state index in [2.05, 4.69) is 10.4 Å². The molecule has 1 amide bonds. The molecule has 5 rings (SSSR count). The van der Waals surface area contributed by atoms with Crippen LogP contribution in [-0.2, 0) is 0 Å². The Balaban J connectivity index is 1.59. The van der Waals surface area contributed by atoms with Gasteiger partial charge < -0.3 is 9.73 Å². The predicted molar refractivity (Wildman–Crippen MR) is 122 cm³/mol. The molecule has 1 N–H and O–H groups in total. The van der Waals surface area contributed by atoms with E-state index in [0.29, 0.717) is 27.9 Å². The number of hydrogen-bond donors (Lipinski definition) is 1. The highest BCUT2D eigenvalue weighted by Gasteiger charge is 2.19. The quantitative estimate of drug-likeness (QED) is 0.401. The SMILES string of the molecule is CC(C)n1ncc2c(C(=O)Nc3ccc4oc(=O)ccc4c3)cc(-c3cccs3)nc21. The maximum absolute atomic E-state index is 13.3. The number of anilines is 1. The van der Waals surface area contributed by atoms with Crippen molar-refractivity contribution in [3.63, 3.8) is 0 Å². The second-order valence-electron chi connectivity index (χ2n) is 7.41. The summed E-state index contributed by atoms with van der Waals surface area (Å²) in [5, 5.41) is 10.8. The summed E-state index contributed by atoms with van der Waals surface area (Å²) in [4.78, 5) is 30.4. The first-order valence-corrected chi connectivity index (χ1v) is 10.6. The van der Waals surface area contributed by atoms with Gasteiger partial charge in [-0.25, -0.2) is 14.5 Å². The molecule has 0 aliphatic carbocycles. The molecule has 4 heterocycles. The van der Waals surface area contributed by atoms with Gasteiger partial charge in [-0.3, -0.25) is 4.79 Å². The summed E-state index contributed by atoms with van der Waals surface area (Å²) in [7, 11) is 0.